The summed E-state index contributed by atoms with van der Waals surface area (Å²) in [6, 6.07) is 5.52. The summed E-state index contributed by atoms with van der Waals surface area (Å²) in [5.41, 5.74) is 2.81. The van der Waals surface area contributed by atoms with Crippen molar-refractivity contribution >= 4 is 35.9 Å². The number of hydrogen-bond acceptors (Lipinski definition) is 4. The molecule has 6 nitrogen and oxygen atoms in total. The summed E-state index contributed by atoms with van der Waals surface area (Å²) in [6.45, 7) is 10.1. The minimum atomic E-state index is -0.850. The minimum Gasteiger partial charge on any atom is -0.481 e. The van der Waals surface area contributed by atoms with Crippen molar-refractivity contribution in [2.45, 2.75) is 91.4 Å². The third kappa shape index (κ3) is 9.48. The highest BCUT2D eigenvalue weighted by atomic mass is 35.5. The summed E-state index contributed by atoms with van der Waals surface area (Å²) in [7, 11) is 0. The predicted octanol–water partition coefficient (Wildman–Crippen LogP) is 8.00. The third-order valence-corrected chi connectivity index (χ3v) is 8.03. The van der Waals surface area contributed by atoms with E-state index >= 15 is 0 Å². The minimum absolute atomic E-state index is 0.0252. The zero-order valence-electron chi connectivity index (χ0n) is 22.6. The van der Waals surface area contributed by atoms with Crippen molar-refractivity contribution in [3.63, 3.8) is 0 Å². The zero-order chi connectivity index (χ0) is 26.9. The standard InChI is InChI=1S/C30H43ClN2O4/c1-19(2)15-21-6-9-24(10-7-21)30(37-32-4)25(23-11-12-23)17-22(8-14-29(35)36)18-28(34)33-27-13-5-20(3)16-26(27)31/h5,13,16,19,21-24H,4,6-12,14-15,17-18H2,1-3H3,(H,33,34)(H,35,36)/b30-25+. The van der Waals surface area contributed by atoms with Gasteiger partial charge in [-0.2, -0.15) is 0 Å². The fourth-order valence-electron chi connectivity index (χ4n) is 5.79. The predicted molar refractivity (Wildman–Crippen MR) is 150 cm³/mol. The average molecular weight is 531 g/mol. The van der Waals surface area contributed by atoms with Crippen LogP contribution in [0, 0.1) is 36.5 Å². The fourth-order valence-corrected chi connectivity index (χ4v) is 6.07. The number of benzene rings is 1. The zero-order valence-corrected chi connectivity index (χ0v) is 23.4. The smallest absolute Gasteiger partial charge is 0.303 e. The van der Waals surface area contributed by atoms with Crippen LogP contribution in [0.25, 0.3) is 0 Å². The molecule has 3 rings (SSSR count). The van der Waals surface area contributed by atoms with Crippen LogP contribution in [0.4, 0.5) is 5.69 Å². The van der Waals surface area contributed by atoms with Gasteiger partial charge in [0.15, 0.2) is 0 Å². The number of carboxylic acids is 1. The van der Waals surface area contributed by atoms with Crippen LogP contribution in [0.1, 0.15) is 90.0 Å². The number of anilines is 1. The molecule has 2 saturated carbocycles. The Morgan fingerprint density at radius 1 is 1.14 bits per heavy atom. The Kier molecular flexibility index (Phi) is 11.0. The highest BCUT2D eigenvalue weighted by Crippen LogP contribution is 2.46. The normalized spacial score (nSPS) is 21.2. The molecule has 2 aliphatic rings. The van der Waals surface area contributed by atoms with Gasteiger partial charge in [0.05, 0.1) is 10.7 Å². The van der Waals surface area contributed by atoms with E-state index in [0.29, 0.717) is 41.3 Å². The van der Waals surface area contributed by atoms with E-state index in [2.05, 4.69) is 31.0 Å². The van der Waals surface area contributed by atoms with E-state index in [1.807, 2.05) is 19.1 Å². The molecule has 1 amide bonds. The number of nitrogens with one attached hydrogen (secondary N) is 1. The molecule has 0 aromatic heterocycles. The highest BCUT2D eigenvalue weighted by Gasteiger charge is 2.36. The summed E-state index contributed by atoms with van der Waals surface area (Å²) >= 11 is 6.31. The number of halogens is 1. The number of oxime groups is 1. The van der Waals surface area contributed by atoms with E-state index in [-0.39, 0.29) is 24.7 Å². The van der Waals surface area contributed by atoms with Crippen molar-refractivity contribution in [2.75, 3.05) is 5.32 Å². The molecule has 1 atom stereocenters. The van der Waals surface area contributed by atoms with Crippen LogP contribution in [-0.4, -0.2) is 23.7 Å². The van der Waals surface area contributed by atoms with Crippen LogP contribution in [0.5, 0.6) is 0 Å². The maximum atomic E-state index is 13.0. The molecule has 0 saturated heterocycles. The maximum Gasteiger partial charge on any atom is 0.303 e. The Hall–Kier alpha value is -2.34. The van der Waals surface area contributed by atoms with Gasteiger partial charge in [0, 0.05) is 25.5 Å². The first-order chi connectivity index (χ1) is 17.7. The second kappa shape index (κ2) is 14.0. The lowest BCUT2D eigenvalue weighted by Gasteiger charge is -2.31. The highest BCUT2D eigenvalue weighted by molar-refractivity contribution is 6.33. The molecule has 0 spiro atoms. The lowest BCUT2D eigenvalue weighted by Crippen LogP contribution is -2.22. The van der Waals surface area contributed by atoms with E-state index in [0.717, 1.165) is 42.9 Å². The number of aryl methyl sites for hydroxylation is 1. The van der Waals surface area contributed by atoms with Gasteiger partial charge in [0.2, 0.25) is 5.91 Å². The monoisotopic (exact) mass is 530 g/mol. The number of rotatable bonds is 14. The van der Waals surface area contributed by atoms with Crippen molar-refractivity contribution in [3.05, 3.63) is 40.1 Å². The first-order valence-corrected chi connectivity index (χ1v) is 14.2. The number of carbonyl (C=O) groups excluding carboxylic acids is 1. The molecule has 2 fully saturated rings. The molecule has 2 aliphatic carbocycles. The Morgan fingerprint density at radius 3 is 2.38 bits per heavy atom. The number of allylic oxidation sites excluding steroid dienone is 2. The Labute approximate surface area is 226 Å². The van der Waals surface area contributed by atoms with Crippen LogP contribution >= 0.6 is 11.6 Å². The molecule has 7 heteroatoms. The van der Waals surface area contributed by atoms with E-state index < -0.39 is 5.97 Å². The van der Waals surface area contributed by atoms with Gasteiger partial charge in [-0.15, -0.1) is 0 Å². The summed E-state index contributed by atoms with van der Waals surface area (Å²) in [5.74, 6) is 2.02. The van der Waals surface area contributed by atoms with Crippen LogP contribution < -0.4 is 5.32 Å². The molecule has 204 valence electrons. The number of amides is 1. The molecule has 1 unspecified atom stereocenters. The fraction of sp³-hybridized carbons (Fsp3) is 0.633. The lowest BCUT2D eigenvalue weighted by molar-refractivity contribution is -0.137. The summed E-state index contributed by atoms with van der Waals surface area (Å²) < 4.78 is 0. The molecule has 0 heterocycles. The van der Waals surface area contributed by atoms with Crippen LogP contribution in [-0.2, 0) is 14.4 Å². The second-order valence-electron chi connectivity index (χ2n) is 11.5. The van der Waals surface area contributed by atoms with Gasteiger partial charge in [0.1, 0.15) is 5.76 Å². The average Bonchev–Trinajstić information content (AvgIpc) is 3.67. The topological polar surface area (TPSA) is 88.0 Å². The third-order valence-electron chi connectivity index (χ3n) is 7.72. The molecular weight excluding hydrogens is 488 g/mol. The van der Waals surface area contributed by atoms with E-state index in [1.165, 1.54) is 24.8 Å². The molecule has 1 aromatic rings. The molecule has 0 aliphatic heterocycles. The first-order valence-electron chi connectivity index (χ1n) is 13.8. The van der Waals surface area contributed by atoms with Gasteiger partial charge in [-0.3, -0.25) is 9.59 Å². The van der Waals surface area contributed by atoms with Crippen LogP contribution in [0.3, 0.4) is 0 Å². The van der Waals surface area contributed by atoms with Crippen molar-refractivity contribution in [1.82, 2.24) is 0 Å². The number of hydrogen-bond donors (Lipinski definition) is 2. The van der Waals surface area contributed by atoms with Crippen LogP contribution in [0.2, 0.25) is 5.02 Å². The van der Waals surface area contributed by atoms with Gasteiger partial charge in [-0.1, -0.05) is 36.7 Å². The summed E-state index contributed by atoms with van der Waals surface area (Å²) in [5, 5.41) is 16.6. The van der Waals surface area contributed by atoms with Gasteiger partial charge in [-0.05, 0) is 112 Å². The largest absolute Gasteiger partial charge is 0.481 e. The SMILES string of the molecule is C=NO/C(=C(\CC(CCC(=O)O)CC(=O)Nc1ccc(C)cc1Cl)C1CC1)C1CCC(CC(C)C)CC1. The quantitative estimate of drug-likeness (QED) is 0.145. The van der Waals surface area contributed by atoms with E-state index in [4.69, 9.17) is 16.4 Å². The first kappa shape index (κ1) is 29.2. The molecule has 0 radical (unpaired) electrons. The van der Waals surface area contributed by atoms with Crippen molar-refractivity contribution in [2.24, 2.45) is 34.7 Å². The molecule has 0 bridgehead atoms. The Balaban J connectivity index is 1.76. The Bertz CT molecular complexity index is 978. The molecule has 37 heavy (non-hydrogen) atoms. The summed E-state index contributed by atoms with van der Waals surface area (Å²) in [4.78, 5) is 30.3. The van der Waals surface area contributed by atoms with Crippen molar-refractivity contribution in [1.29, 1.82) is 0 Å². The number of carbonyl (C=O) groups is 2. The molecular formula is C30H43ClN2O4. The van der Waals surface area contributed by atoms with E-state index in [1.54, 1.807) is 6.07 Å². The van der Waals surface area contributed by atoms with Gasteiger partial charge in [-0.25, -0.2) is 0 Å². The van der Waals surface area contributed by atoms with Crippen molar-refractivity contribution < 1.29 is 19.5 Å². The molecule has 1 aromatic carbocycles. The molecule has 2 N–H and O–H groups in total. The Morgan fingerprint density at radius 2 is 1.81 bits per heavy atom. The van der Waals surface area contributed by atoms with Crippen LogP contribution in [0.15, 0.2) is 34.7 Å². The number of aliphatic carboxylic acids is 1. The van der Waals surface area contributed by atoms with Crippen molar-refractivity contribution in [3.8, 4) is 0 Å². The number of nitrogens with zero attached hydrogens (tertiary/aromatic N) is 1. The van der Waals surface area contributed by atoms with Gasteiger partial charge < -0.3 is 15.3 Å². The second-order valence-corrected chi connectivity index (χ2v) is 11.9. The van der Waals surface area contributed by atoms with Gasteiger partial charge in [0.25, 0.3) is 0 Å². The maximum absolute atomic E-state index is 13.0. The lowest BCUT2D eigenvalue weighted by atomic mass is 9.76. The van der Waals surface area contributed by atoms with Gasteiger partial charge >= 0.3 is 5.97 Å². The van der Waals surface area contributed by atoms with E-state index in [9.17, 15) is 14.7 Å². The number of carboxylic acid groups (broad SMARTS) is 1. The summed E-state index contributed by atoms with van der Waals surface area (Å²) in [6.07, 6.45) is 9.30.